The van der Waals surface area contributed by atoms with Crippen molar-refractivity contribution >= 4 is 17.5 Å². The standard InChI is InChI=1S/C23H19F3N2O3/c1-14(31-17-9-7-16(8-10-17)15-5-3-2-4-6-15)23(30)27-13-20(29)28-19-12-11-18(24)21(25)22(19)26/h2-12,14H,13H2,1H3,(H,27,30)(H,28,29)/t14-/m0/s1. The van der Waals surface area contributed by atoms with Gasteiger partial charge in [0.05, 0.1) is 12.2 Å². The summed E-state index contributed by atoms with van der Waals surface area (Å²) in [5.74, 6) is -5.49. The Kier molecular flexibility index (Phi) is 6.92. The molecule has 0 unspecified atom stereocenters. The molecule has 0 aliphatic rings. The topological polar surface area (TPSA) is 67.4 Å². The van der Waals surface area contributed by atoms with Crippen molar-refractivity contribution in [3.05, 3.63) is 84.2 Å². The molecular weight excluding hydrogens is 409 g/mol. The fourth-order valence-corrected chi connectivity index (χ4v) is 2.74. The Morgan fingerprint density at radius 2 is 1.52 bits per heavy atom. The lowest BCUT2D eigenvalue weighted by Crippen LogP contribution is -2.40. The molecule has 160 valence electrons. The lowest BCUT2D eigenvalue weighted by atomic mass is 10.1. The molecule has 3 aromatic carbocycles. The zero-order chi connectivity index (χ0) is 22.4. The molecule has 0 radical (unpaired) electrons. The Balaban J connectivity index is 1.50. The number of anilines is 1. The zero-order valence-electron chi connectivity index (χ0n) is 16.5. The van der Waals surface area contributed by atoms with Crippen LogP contribution in [0.2, 0.25) is 0 Å². The average molecular weight is 428 g/mol. The summed E-state index contributed by atoms with van der Waals surface area (Å²) < 4.78 is 45.3. The van der Waals surface area contributed by atoms with Crippen molar-refractivity contribution in [1.82, 2.24) is 5.32 Å². The third kappa shape index (κ3) is 5.63. The first-order chi connectivity index (χ1) is 14.8. The third-order valence-corrected chi connectivity index (χ3v) is 4.38. The van der Waals surface area contributed by atoms with Crippen molar-refractivity contribution in [3.63, 3.8) is 0 Å². The number of halogens is 3. The van der Waals surface area contributed by atoms with Gasteiger partial charge in [-0.2, -0.15) is 0 Å². The molecular formula is C23H19F3N2O3. The number of carbonyl (C=O) groups excluding carboxylic acids is 2. The molecule has 0 aliphatic heterocycles. The van der Waals surface area contributed by atoms with Gasteiger partial charge in [0.1, 0.15) is 5.75 Å². The van der Waals surface area contributed by atoms with E-state index < -0.39 is 47.6 Å². The van der Waals surface area contributed by atoms with E-state index in [2.05, 4.69) is 10.6 Å². The molecule has 2 N–H and O–H groups in total. The summed E-state index contributed by atoms with van der Waals surface area (Å²) in [6, 6.07) is 18.5. The number of carbonyl (C=O) groups is 2. The van der Waals surface area contributed by atoms with Gasteiger partial charge in [-0.1, -0.05) is 42.5 Å². The lowest BCUT2D eigenvalue weighted by Gasteiger charge is -2.15. The summed E-state index contributed by atoms with van der Waals surface area (Å²) in [5, 5.41) is 4.41. The normalized spacial score (nSPS) is 11.5. The fourth-order valence-electron chi connectivity index (χ4n) is 2.74. The lowest BCUT2D eigenvalue weighted by molar-refractivity contribution is -0.129. The molecule has 5 nitrogen and oxygen atoms in total. The number of hydrogen-bond acceptors (Lipinski definition) is 3. The van der Waals surface area contributed by atoms with Gasteiger partial charge in [0, 0.05) is 0 Å². The van der Waals surface area contributed by atoms with E-state index in [1.807, 2.05) is 42.5 Å². The monoisotopic (exact) mass is 428 g/mol. The molecule has 1 atom stereocenters. The van der Waals surface area contributed by atoms with E-state index in [1.54, 1.807) is 12.1 Å². The maximum absolute atomic E-state index is 13.6. The van der Waals surface area contributed by atoms with Crippen LogP contribution in [-0.2, 0) is 9.59 Å². The van der Waals surface area contributed by atoms with E-state index >= 15 is 0 Å². The summed E-state index contributed by atoms with van der Waals surface area (Å²) in [6.45, 7) is 1.01. The highest BCUT2D eigenvalue weighted by Gasteiger charge is 2.18. The second kappa shape index (κ2) is 9.80. The highest BCUT2D eigenvalue weighted by Crippen LogP contribution is 2.23. The maximum Gasteiger partial charge on any atom is 0.261 e. The molecule has 31 heavy (non-hydrogen) atoms. The minimum Gasteiger partial charge on any atom is -0.481 e. The van der Waals surface area contributed by atoms with Crippen molar-refractivity contribution in [3.8, 4) is 16.9 Å². The fraction of sp³-hybridized carbons (Fsp3) is 0.130. The van der Waals surface area contributed by atoms with Gasteiger partial charge in [-0.15, -0.1) is 0 Å². The molecule has 8 heteroatoms. The average Bonchev–Trinajstić information content (AvgIpc) is 2.79. The molecule has 0 saturated heterocycles. The highest BCUT2D eigenvalue weighted by molar-refractivity contribution is 5.95. The molecule has 0 heterocycles. The number of hydrogen-bond donors (Lipinski definition) is 2. The molecule has 2 amide bonds. The summed E-state index contributed by atoms with van der Waals surface area (Å²) in [6.07, 6.45) is -0.907. The first-order valence-corrected chi connectivity index (χ1v) is 9.38. The molecule has 0 aromatic heterocycles. The molecule has 0 bridgehead atoms. The van der Waals surface area contributed by atoms with Crippen molar-refractivity contribution in [2.45, 2.75) is 13.0 Å². The Bertz CT molecular complexity index is 1070. The second-order valence-corrected chi connectivity index (χ2v) is 6.64. The summed E-state index contributed by atoms with van der Waals surface area (Å²) in [5.41, 5.74) is 1.51. The van der Waals surface area contributed by atoms with E-state index in [4.69, 9.17) is 4.74 Å². The van der Waals surface area contributed by atoms with Crippen LogP contribution in [0.15, 0.2) is 66.7 Å². The third-order valence-electron chi connectivity index (χ3n) is 4.38. The largest absolute Gasteiger partial charge is 0.481 e. The molecule has 0 saturated carbocycles. The van der Waals surface area contributed by atoms with Crippen molar-refractivity contribution < 1.29 is 27.5 Å². The number of nitrogens with one attached hydrogen (secondary N) is 2. The summed E-state index contributed by atoms with van der Waals surface area (Å²) in [7, 11) is 0. The van der Waals surface area contributed by atoms with E-state index in [0.29, 0.717) is 11.8 Å². The molecule has 3 rings (SSSR count). The maximum atomic E-state index is 13.6. The first-order valence-electron chi connectivity index (χ1n) is 9.38. The number of rotatable bonds is 7. The Morgan fingerprint density at radius 3 is 2.19 bits per heavy atom. The van der Waals surface area contributed by atoms with Gasteiger partial charge in [-0.05, 0) is 42.3 Å². The molecule has 0 aliphatic carbocycles. The van der Waals surface area contributed by atoms with Crippen LogP contribution in [0.5, 0.6) is 5.75 Å². The van der Waals surface area contributed by atoms with Crippen molar-refractivity contribution in [1.29, 1.82) is 0 Å². The minimum absolute atomic E-state index is 0.468. The second-order valence-electron chi connectivity index (χ2n) is 6.64. The van der Waals surface area contributed by atoms with Gasteiger partial charge in [0.25, 0.3) is 5.91 Å². The smallest absolute Gasteiger partial charge is 0.261 e. The van der Waals surface area contributed by atoms with E-state index in [-0.39, 0.29) is 0 Å². The first kappa shape index (κ1) is 21.9. The summed E-state index contributed by atoms with van der Waals surface area (Å²) >= 11 is 0. The minimum atomic E-state index is -1.69. The van der Waals surface area contributed by atoms with Crippen LogP contribution in [0.3, 0.4) is 0 Å². The highest BCUT2D eigenvalue weighted by atomic mass is 19.2. The van der Waals surface area contributed by atoms with Crippen LogP contribution >= 0.6 is 0 Å². The van der Waals surface area contributed by atoms with Gasteiger partial charge < -0.3 is 15.4 Å². The number of ether oxygens (including phenoxy) is 1. The van der Waals surface area contributed by atoms with Gasteiger partial charge in [-0.25, -0.2) is 13.2 Å². The number of benzene rings is 3. The van der Waals surface area contributed by atoms with Crippen LogP contribution in [0.25, 0.3) is 11.1 Å². The van der Waals surface area contributed by atoms with E-state index in [0.717, 1.165) is 17.2 Å². The zero-order valence-corrected chi connectivity index (χ0v) is 16.5. The van der Waals surface area contributed by atoms with E-state index in [1.165, 1.54) is 6.92 Å². The Hall–Kier alpha value is -3.81. The molecule has 0 spiro atoms. The van der Waals surface area contributed by atoms with E-state index in [9.17, 15) is 22.8 Å². The van der Waals surface area contributed by atoms with Crippen LogP contribution in [-0.4, -0.2) is 24.5 Å². The predicted octanol–water partition coefficient (Wildman–Crippen LogP) is 4.29. The Morgan fingerprint density at radius 1 is 0.871 bits per heavy atom. The van der Waals surface area contributed by atoms with Crippen LogP contribution in [0, 0.1) is 17.5 Å². The van der Waals surface area contributed by atoms with Gasteiger partial charge in [0.2, 0.25) is 5.91 Å². The van der Waals surface area contributed by atoms with Crippen molar-refractivity contribution in [2.24, 2.45) is 0 Å². The molecule has 0 fully saturated rings. The van der Waals surface area contributed by atoms with Crippen LogP contribution < -0.4 is 15.4 Å². The Labute approximate surface area is 176 Å². The van der Waals surface area contributed by atoms with Crippen LogP contribution in [0.4, 0.5) is 18.9 Å². The van der Waals surface area contributed by atoms with Gasteiger partial charge >= 0.3 is 0 Å². The quantitative estimate of drug-likeness (QED) is 0.552. The van der Waals surface area contributed by atoms with Crippen molar-refractivity contribution in [2.75, 3.05) is 11.9 Å². The summed E-state index contributed by atoms with van der Waals surface area (Å²) in [4.78, 5) is 24.0. The van der Waals surface area contributed by atoms with Crippen LogP contribution in [0.1, 0.15) is 6.92 Å². The predicted molar refractivity (Wildman–Crippen MR) is 110 cm³/mol. The van der Waals surface area contributed by atoms with Gasteiger partial charge in [0.15, 0.2) is 23.6 Å². The SMILES string of the molecule is C[C@H](Oc1ccc(-c2ccccc2)cc1)C(=O)NCC(=O)Nc1ccc(F)c(F)c1F. The molecule has 3 aromatic rings. The van der Waals surface area contributed by atoms with Gasteiger partial charge in [-0.3, -0.25) is 9.59 Å². The number of amides is 2.